The molecule has 16 heteroatoms. The summed E-state index contributed by atoms with van der Waals surface area (Å²) >= 11 is 17.7. The van der Waals surface area contributed by atoms with Crippen LogP contribution in [0.25, 0.3) is 56.0 Å². The average Bonchev–Trinajstić information content (AvgIpc) is 1.65. The summed E-state index contributed by atoms with van der Waals surface area (Å²) in [5.74, 6) is -1.67. The number of aliphatic carboxylic acids is 2. The molecule has 2 aliphatic carbocycles. The first kappa shape index (κ1) is 70.5. The van der Waals surface area contributed by atoms with E-state index in [1.165, 1.54) is 89.5 Å². The Hall–Kier alpha value is -7.97. The molecule has 2 heterocycles. The molecule has 2 aromatic heterocycles. The molecule has 0 saturated heterocycles. The SMILES string of the molecule is CC(=O)O.CC(=O)O.CC1(C)c2ccccc2-c2ccc(-c3cc(-c4cccc(Cl)c4)ncn3)cc21.CC1(C)c2ccccc2-c2ccc(-c3cc(Cl)ncn3)cc21.Cc1ccccc1P(c1ccccc1C)c1ccccc1C.OB(O)c1cccc(Cl)c1.[Pd]. The van der Waals surface area contributed by atoms with Crippen LogP contribution in [-0.4, -0.2) is 59.3 Å². The number of halogens is 3. The summed E-state index contributed by atoms with van der Waals surface area (Å²) in [6.07, 6.45) is 3.13. The summed E-state index contributed by atoms with van der Waals surface area (Å²) in [6.45, 7) is 18.0. The molecule has 0 unspecified atom stereocenters. The van der Waals surface area contributed by atoms with Crippen LogP contribution >= 0.6 is 42.7 Å². The molecule has 464 valence electrons. The Bertz CT molecular complexity index is 4230. The molecule has 91 heavy (non-hydrogen) atoms. The van der Waals surface area contributed by atoms with Gasteiger partial charge in [-0.2, -0.15) is 0 Å². The molecule has 0 atom stereocenters. The minimum absolute atomic E-state index is 0. The van der Waals surface area contributed by atoms with Crippen molar-refractivity contribution in [3.8, 4) is 56.0 Å². The third-order valence-electron chi connectivity index (χ3n) is 15.4. The van der Waals surface area contributed by atoms with Crippen molar-refractivity contribution in [1.82, 2.24) is 19.9 Å². The van der Waals surface area contributed by atoms with E-state index < -0.39 is 27.0 Å². The quantitative estimate of drug-likeness (QED) is 0.0685. The van der Waals surface area contributed by atoms with Crippen molar-refractivity contribution in [2.45, 2.75) is 73.1 Å². The Kier molecular flexibility index (Phi) is 24.7. The van der Waals surface area contributed by atoms with E-state index in [2.05, 4.69) is 226 Å². The standard InChI is InChI=1S/C25H19ClN2.C21H21P.C19H15ClN2.C6H6BClO2.2C2H4O2.Pd/c1-25(2)21-9-4-3-8-19(21)20-11-10-17(13-22(20)25)24-14-23(27-15-28-24)16-6-5-7-18(26)12-16;1-16-10-4-7-13-19(16)22(20-14-8-5-11-17(20)2)21-15-9-6-12-18(21)3;1-19(2)15-6-4-3-5-13(15)14-8-7-12(9-16(14)19)17-10-18(20)22-11-21-17;8-6-3-1-2-5(4-6)7(9)10;2*1-2(3)4;/h3-15H,1-2H3;4-15H,1-3H3;3-11H,1-2H3;1-4,9-10H;2*1H3,(H,3,4);. The van der Waals surface area contributed by atoms with Crippen LogP contribution in [0.3, 0.4) is 0 Å². The summed E-state index contributed by atoms with van der Waals surface area (Å²) in [7, 11) is -1.94. The number of fused-ring (bicyclic) bond motifs is 6. The van der Waals surface area contributed by atoms with Gasteiger partial charge in [-0.05, 0) is 154 Å². The van der Waals surface area contributed by atoms with E-state index in [1.807, 2.05) is 30.3 Å². The van der Waals surface area contributed by atoms with Gasteiger partial charge in [-0.1, -0.05) is 232 Å². The van der Waals surface area contributed by atoms with Crippen molar-refractivity contribution in [1.29, 1.82) is 0 Å². The van der Waals surface area contributed by atoms with Crippen LogP contribution in [-0.2, 0) is 40.8 Å². The third-order valence-corrected chi connectivity index (χ3v) is 19.0. The van der Waals surface area contributed by atoms with Crippen molar-refractivity contribution in [2.24, 2.45) is 0 Å². The van der Waals surface area contributed by atoms with Gasteiger partial charge in [0.1, 0.15) is 17.8 Å². The maximum absolute atomic E-state index is 9.00. The van der Waals surface area contributed by atoms with Gasteiger partial charge < -0.3 is 20.3 Å². The fourth-order valence-electron chi connectivity index (χ4n) is 11.0. The average molecular weight is 1380 g/mol. The van der Waals surface area contributed by atoms with Gasteiger partial charge in [-0.3, -0.25) is 9.59 Å². The molecular formula is C75H69BCl3N4O6PPd. The number of carboxylic acid groups (broad SMARTS) is 2. The number of hydrogen-bond acceptors (Lipinski definition) is 8. The minimum Gasteiger partial charge on any atom is -0.481 e. The van der Waals surface area contributed by atoms with E-state index in [-0.39, 0.29) is 31.3 Å². The molecular weight excluding hydrogens is 1310 g/mol. The van der Waals surface area contributed by atoms with Gasteiger partial charge in [0, 0.05) is 77.9 Å². The maximum Gasteiger partial charge on any atom is 0.488 e. The van der Waals surface area contributed by atoms with Gasteiger partial charge >= 0.3 is 7.12 Å². The number of nitrogens with zero attached hydrogens (tertiary/aromatic N) is 4. The van der Waals surface area contributed by atoms with Crippen molar-refractivity contribution in [3.63, 3.8) is 0 Å². The predicted molar refractivity (Wildman–Crippen MR) is 373 cm³/mol. The second kappa shape index (κ2) is 31.9. The summed E-state index contributed by atoms with van der Waals surface area (Å²) < 4.78 is 0. The molecule has 2 aliphatic rings. The predicted octanol–water partition coefficient (Wildman–Crippen LogP) is 16.4. The van der Waals surface area contributed by atoms with Crippen molar-refractivity contribution < 1.29 is 50.3 Å². The first-order chi connectivity index (χ1) is 43.0. The number of aromatic nitrogens is 4. The van der Waals surface area contributed by atoms with E-state index >= 15 is 0 Å². The number of hydrogen-bond donors (Lipinski definition) is 4. The van der Waals surface area contributed by atoms with E-state index in [0.717, 1.165) is 47.6 Å². The van der Waals surface area contributed by atoms with Gasteiger partial charge in [0.05, 0.1) is 17.1 Å². The zero-order valence-corrected chi connectivity index (χ0v) is 56.5. The Balaban J connectivity index is 0.000000171. The third kappa shape index (κ3) is 17.5. The first-order valence-electron chi connectivity index (χ1n) is 29.0. The topological polar surface area (TPSA) is 167 Å². The molecule has 9 aromatic carbocycles. The Morgan fingerprint density at radius 2 is 0.758 bits per heavy atom. The van der Waals surface area contributed by atoms with E-state index in [4.69, 9.17) is 64.7 Å². The molecule has 4 N–H and O–H groups in total. The Labute approximate surface area is 563 Å². The molecule has 0 aliphatic heterocycles. The van der Waals surface area contributed by atoms with Crippen molar-refractivity contribution in [3.05, 3.63) is 285 Å². The maximum atomic E-state index is 9.00. The van der Waals surface area contributed by atoms with Gasteiger partial charge in [-0.15, -0.1) is 0 Å². The smallest absolute Gasteiger partial charge is 0.481 e. The molecule has 13 rings (SSSR count). The monoisotopic (exact) mass is 1370 g/mol. The zero-order valence-electron chi connectivity index (χ0n) is 51.8. The summed E-state index contributed by atoms with van der Waals surface area (Å²) in [5, 5.41) is 38.2. The van der Waals surface area contributed by atoms with Crippen LogP contribution in [0.2, 0.25) is 15.2 Å². The van der Waals surface area contributed by atoms with E-state index in [0.29, 0.717) is 20.7 Å². The van der Waals surface area contributed by atoms with Crippen LogP contribution in [0.5, 0.6) is 0 Å². The number of carboxylic acids is 2. The normalized spacial score (nSPS) is 12.0. The van der Waals surface area contributed by atoms with E-state index in [1.54, 1.807) is 30.6 Å². The van der Waals surface area contributed by atoms with Crippen molar-refractivity contribution >= 4 is 83.2 Å². The fourth-order valence-corrected chi connectivity index (χ4v) is 14.3. The van der Waals surface area contributed by atoms with Crippen LogP contribution in [0, 0.1) is 20.8 Å². The van der Waals surface area contributed by atoms with Gasteiger partial charge in [0.2, 0.25) is 0 Å². The number of aryl methyl sites for hydroxylation is 3. The Morgan fingerprint density at radius 1 is 0.407 bits per heavy atom. The second-order valence-corrected chi connectivity index (χ2v) is 25.9. The molecule has 0 spiro atoms. The summed E-state index contributed by atoms with van der Waals surface area (Å²) in [5.41, 5.74) is 21.0. The number of rotatable bonds is 7. The molecule has 0 amide bonds. The molecule has 11 aromatic rings. The van der Waals surface area contributed by atoms with Gasteiger partial charge in [-0.25, -0.2) is 19.9 Å². The molecule has 10 nitrogen and oxygen atoms in total. The van der Waals surface area contributed by atoms with Crippen molar-refractivity contribution in [2.75, 3.05) is 0 Å². The van der Waals surface area contributed by atoms with Crippen LogP contribution in [0.15, 0.2) is 231 Å². The first-order valence-corrected chi connectivity index (χ1v) is 31.5. The molecule has 0 saturated carbocycles. The van der Waals surface area contributed by atoms with Crippen LogP contribution < -0.4 is 21.4 Å². The van der Waals surface area contributed by atoms with Crippen LogP contribution in [0.1, 0.15) is 80.5 Å². The second-order valence-electron chi connectivity index (χ2n) is 22.5. The number of carbonyl (C=O) groups is 2. The number of benzene rings is 9. The van der Waals surface area contributed by atoms with Crippen LogP contribution in [0.4, 0.5) is 0 Å². The zero-order chi connectivity index (χ0) is 64.9. The molecule has 0 fully saturated rings. The largest absolute Gasteiger partial charge is 0.488 e. The summed E-state index contributed by atoms with van der Waals surface area (Å²) in [6, 6.07) is 74.9. The Morgan fingerprint density at radius 3 is 1.14 bits per heavy atom. The van der Waals surface area contributed by atoms with E-state index in [9.17, 15) is 0 Å². The van der Waals surface area contributed by atoms with Gasteiger partial charge in [0.25, 0.3) is 11.9 Å². The fraction of sp³-hybridized carbons (Fsp3) is 0.147. The summed E-state index contributed by atoms with van der Waals surface area (Å²) in [4.78, 5) is 35.3. The molecule has 0 bridgehead atoms. The molecule has 0 radical (unpaired) electrons. The van der Waals surface area contributed by atoms with Gasteiger partial charge in [0.15, 0.2) is 0 Å². The minimum atomic E-state index is -1.43.